The molecule has 0 bridgehead atoms. The minimum atomic E-state index is 0. The number of hydrogen-bond acceptors (Lipinski definition) is 3. The van der Waals surface area contributed by atoms with Crippen molar-refractivity contribution in [1.29, 1.82) is 0 Å². The monoisotopic (exact) mass is 475 g/mol. The van der Waals surface area contributed by atoms with Crippen LogP contribution in [0.5, 0.6) is 11.5 Å². The Labute approximate surface area is 170 Å². The van der Waals surface area contributed by atoms with Crippen LogP contribution in [0.3, 0.4) is 0 Å². The summed E-state index contributed by atoms with van der Waals surface area (Å²) in [4.78, 5) is 4.23. The Morgan fingerprint density at radius 1 is 1.08 bits per heavy atom. The fraction of sp³-hybridized carbons (Fsp3) is 0.278. The van der Waals surface area contributed by atoms with E-state index in [-0.39, 0.29) is 24.0 Å². The summed E-state index contributed by atoms with van der Waals surface area (Å²) in [6.45, 7) is 0.743. The zero-order chi connectivity index (χ0) is 17.4. The first-order valence-electron chi connectivity index (χ1n) is 7.60. The van der Waals surface area contributed by atoms with Crippen LogP contribution in [0.1, 0.15) is 5.56 Å². The third-order valence-electron chi connectivity index (χ3n) is 3.47. The van der Waals surface area contributed by atoms with Gasteiger partial charge in [0.25, 0.3) is 0 Å². The average molecular weight is 476 g/mol. The highest BCUT2D eigenvalue weighted by Crippen LogP contribution is 2.29. The topological polar surface area (TPSA) is 54.9 Å². The first kappa shape index (κ1) is 21.4. The Morgan fingerprint density at radius 2 is 1.84 bits per heavy atom. The normalized spacial score (nSPS) is 10.6. The predicted molar refractivity (Wildman–Crippen MR) is 115 cm³/mol. The van der Waals surface area contributed by atoms with E-state index >= 15 is 0 Å². The lowest BCUT2D eigenvalue weighted by molar-refractivity contribution is 0.355. The lowest BCUT2D eigenvalue weighted by atomic mass is 10.1. The zero-order valence-electron chi connectivity index (χ0n) is 14.5. The molecule has 0 aliphatic rings. The predicted octanol–water partition coefficient (Wildman–Crippen LogP) is 4.21. The molecule has 0 aromatic heterocycles. The highest BCUT2D eigenvalue weighted by Gasteiger charge is 2.06. The summed E-state index contributed by atoms with van der Waals surface area (Å²) >= 11 is 6.00. The molecule has 0 heterocycles. The van der Waals surface area contributed by atoms with Crippen LogP contribution >= 0.6 is 35.6 Å². The Bertz CT molecular complexity index is 710. The summed E-state index contributed by atoms with van der Waals surface area (Å²) in [6, 6.07) is 13.5. The Hall–Kier alpha value is -1.67. The Kier molecular flexibility index (Phi) is 9.44. The van der Waals surface area contributed by atoms with E-state index in [0.29, 0.717) is 17.5 Å². The smallest absolute Gasteiger partial charge is 0.195 e. The fourth-order valence-electron chi connectivity index (χ4n) is 2.25. The third-order valence-corrected chi connectivity index (χ3v) is 3.70. The van der Waals surface area contributed by atoms with Crippen LogP contribution in [0.4, 0.5) is 5.69 Å². The second kappa shape index (κ2) is 11.0. The van der Waals surface area contributed by atoms with Crippen LogP contribution in [0.25, 0.3) is 0 Å². The van der Waals surface area contributed by atoms with Gasteiger partial charge in [0.1, 0.15) is 0 Å². The molecule has 0 aliphatic carbocycles. The maximum atomic E-state index is 6.00. The number of nitrogens with zero attached hydrogens (tertiary/aromatic N) is 1. The highest BCUT2D eigenvalue weighted by molar-refractivity contribution is 14.0. The van der Waals surface area contributed by atoms with Gasteiger partial charge in [-0.2, -0.15) is 0 Å². The molecular weight excluding hydrogens is 453 g/mol. The number of guanidine groups is 1. The van der Waals surface area contributed by atoms with Crippen molar-refractivity contribution in [3.63, 3.8) is 0 Å². The van der Waals surface area contributed by atoms with Gasteiger partial charge in [-0.25, -0.2) is 0 Å². The molecule has 2 N–H and O–H groups in total. The first-order valence-corrected chi connectivity index (χ1v) is 7.98. The molecule has 5 nitrogen and oxygen atoms in total. The van der Waals surface area contributed by atoms with Crippen LogP contribution in [0.2, 0.25) is 5.02 Å². The van der Waals surface area contributed by atoms with Crippen molar-refractivity contribution in [2.45, 2.75) is 6.42 Å². The van der Waals surface area contributed by atoms with Gasteiger partial charge in [-0.1, -0.05) is 23.7 Å². The number of anilines is 1. The largest absolute Gasteiger partial charge is 0.493 e. The summed E-state index contributed by atoms with van der Waals surface area (Å²) in [7, 11) is 4.95. The van der Waals surface area contributed by atoms with Crippen molar-refractivity contribution in [2.75, 3.05) is 33.1 Å². The van der Waals surface area contributed by atoms with Crippen LogP contribution in [0.15, 0.2) is 47.5 Å². The first-order chi connectivity index (χ1) is 11.7. The summed E-state index contributed by atoms with van der Waals surface area (Å²) in [5, 5.41) is 7.26. The molecule has 25 heavy (non-hydrogen) atoms. The number of aliphatic imine (C=N–C) groups is 1. The molecule has 0 radical (unpaired) electrons. The number of halogens is 2. The molecule has 2 rings (SSSR count). The van der Waals surface area contributed by atoms with Crippen molar-refractivity contribution < 1.29 is 9.47 Å². The molecule has 7 heteroatoms. The zero-order valence-corrected chi connectivity index (χ0v) is 17.6. The van der Waals surface area contributed by atoms with Gasteiger partial charge in [0.2, 0.25) is 0 Å². The molecular formula is C18H23ClIN3O2. The van der Waals surface area contributed by atoms with Crippen LogP contribution in [-0.4, -0.2) is 33.8 Å². The van der Waals surface area contributed by atoms with Gasteiger partial charge in [-0.05, 0) is 36.2 Å². The number of ether oxygens (including phenoxy) is 2. The number of hydrogen-bond donors (Lipinski definition) is 2. The van der Waals surface area contributed by atoms with E-state index in [0.717, 1.165) is 23.7 Å². The van der Waals surface area contributed by atoms with Crippen LogP contribution in [-0.2, 0) is 6.42 Å². The number of rotatable bonds is 6. The summed E-state index contributed by atoms with van der Waals surface area (Å²) < 4.78 is 10.5. The van der Waals surface area contributed by atoms with E-state index in [9.17, 15) is 0 Å². The van der Waals surface area contributed by atoms with Gasteiger partial charge >= 0.3 is 0 Å². The van der Waals surface area contributed by atoms with Crippen molar-refractivity contribution in [3.05, 3.63) is 53.1 Å². The number of methoxy groups -OCH3 is 2. The lowest BCUT2D eigenvalue weighted by Gasteiger charge is -2.14. The fourth-order valence-corrected chi connectivity index (χ4v) is 2.46. The van der Waals surface area contributed by atoms with E-state index < -0.39 is 0 Å². The van der Waals surface area contributed by atoms with E-state index in [2.05, 4.69) is 21.7 Å². The van der Waals surface area contributed by atoms with E-state index in [4.69, 9.17) is 21.1 Å². The molecule has 0 atom stereocenters. The van der Waals surface area contributed by atoms with Gasteiger partial charge < -0.3 is 20.1 Å². The molecule has 0 spiro atoms. The minimum Gasteiger partial charge on any atom is -0.493 e. The molecule has 0 amide bonds. The second-order valence-electron chi connectivity index (χ2n) is 5.07. The van der Waals surface area contributed by atoms with Crippen LogP contribution in [0, 0.1) is 0 Å². The molecule has 2 aromatic carbocycles. The maximum absolute atomic E-state index is 6.00. The summed E-state index contributed by atoms with van der Waals surface area (Å²) in [5.74, 6) is 2.04. The molecule has 0 fully saturated rings. The second-order valence-corrected chi connectivity index (χ2v) is 5.51. The maximum Gasteiger partial charge on any atom is 0.195 e. The lowest BCUT2D eigenvalue weighted by Crippen LogP contribution is -2.32. The van der Waals surface area contributed by atoms with Gasteiger partial charge in [-0.15, -0.1) is 24.0 Å². The highest BCUT2D eigenvalue weighted by atomic mass is 127. The van der Waals surface area contributed by atoms with Crippen molar-refractivity contribution in [2.24, 2.45) is 4.99 Å². The SMILES string of the molecule is CN=C(NCCc1cccc(Cl)c1)Nc1ccc(OC)c(OC)c1.I. The van der Waals surface area contributed by atoms with Gasteiger partial charge in [0.05, 0.1) is 14.2 Å². The quantitative estimate of drug-likeness (QED) is 0.373. The third kappa shape index (κ3) is 6.62. The Morgan fingerprint density at radius 3 is 2.48 bits per heavy atom. The molecule has 0 aliphatic heterocycles. The number of nitrogens with one attached hydrogen (secondary N) is 2. The van der Waals surface area contributed by atoms with Crippen LogP contribution < -0.4 is 20.1 Å². The van der Waals surface area contributed by atoms with E-state index in [1.54, 1.807) is 21.3 Å². The average Bonchev–Trinajstić information content (AvgIpc) is 2.60. The van der Waals surface area contributed by atoms with Crippen molar-refractivity contribution >= 4 is 47.2 Å². The Balaban J connectivity index is 0.00000312. The summed E-state index contributed by atoms with van der Waals surface area (Å²) in [5.41, 5.74) is 2.04. The molecule has 0 saturated carbocycles. The van der Waals surface area contributed by atoms with E-state index in [1.807, 2.05) is 36.4 Å². The molecule has 0 unspecified atom stereocenters. The van der Waals surface area contributed by atoms with Gasteiger partial charge in [-0.3, -0.25) is 4.99 Å². The van der Waals surface area contributed by atoms with Gasteiger partial charge in [0, 0.05) is 30.4 Å². The van der Waals surface area contributed by atoms with E-state index in [1.165, 1.54) is 5.56 Å². The van der Waals surface area contributed by atoms with Crippen molar-refractivity contribution in [3.8, 4) is 11.5 Å². The number of benzene rings is 2. The van der Waals surface area contributed by atoms with Crippen molar-refractivity contribution in [1.82, 2.24) is 5.32 Å². The van der Waals surface area contributed by atoms with Gasteiger partial charge in [0.15, 0.2) is 17.5 Å². The summed E-state index contributed by atoms with van der Waals surface area (Å²) in [6.07, 6.45) is 0.854. The molecule has 136 valence electrons. The minimum absolute atomic E-state index is 0. The molecule has 0 saturated heterocycles. The standard InChI is InChI=1S/C18H22ClN3O2.HI/c1-20-18(21-10-9-13-5-4-6-14(19)11-13)22-15-7-8-16(23-2)17(12-15)24-3;/h4-8,11-12H,9-10H2,1-3H3,(H2,20,21,22);1H. The molecule has 2 aromatic rings.